The number of aryl methyl sites for hydroxylation is 1. The van der Waals surface area contributed by atoms with Crippen LogP contribution in [0.15, 0.2) is 53.4 Å². The number of methoxy groups -OCH3 is 1. The second-order valence-corrected chi connectivity index (χ2v) is 7.70. The van der Waals surface area contributed by atoms with E-state index in [2.05, 4.69) is 0 Å². The maximum Gasteiger partial charge on any atom is 0.243 e. The highest BCUT2D eigenvalue weighted by molar-refractivity contribution is 7.89. The first-order chi connectivity index (χ1) is 11.0. The van der Waals surface area contributed by atoms with Gasteiger partial charge < -0.3 is 4.74 Å². The molecular formula is C18H21NO3S. The highest BCUT2D eigenvalue weighted by Crippen LogP contribution is 2.37. The van der Waals surface area contributed by atoms with E-state index >= 15 is 0 Å². The summed E-state index contributed by atoms with van der Waals surface area (Å²) in [6, 6.07) is 14.5. The van der Waals surface area contributed by atoms with Crippen molar-refractivity contribution in [3.63, 3.8) is 0 Å². The number of rotatable bonds is 4. The Hall–Kier alpha value is -1.85. The first kappa shape index (κ1) is 16.0. The highest BCUT2D eigenvalue weighted by atomic mass is 32.2. The molecule has 122 valence electrons. The molecule has 0 bridgehead atoms. The molecule has 0 spiro atoms. The predicted octanol–water partition coefficient (Wildman–Crippen LogP) is 3.53. The molecule has 0 unspecified atom stereocenters. The molecule has 1 aliphatic rings. The molecule has 1 fully saturated rings. The summed E-state index contributed by atoms with van der Waals surface area (Å²) >= 11 is 0. The van der Waals surface area contributed by atoms with Crippen molar-refractivity contribution in [1.29, 1.82) is 0 Å². The lowest BCUT2D eigenvalue weighted by Gasteiger charge is -2.25. The SMILES string of the molecule is COc1ccc(S(=O)(=O)N2CCC[C@H]2c2ccccc2C)cc1. The first-order valence-electron chi connectivity index (χ1n) is 7.75. The third kappa shape index (κ3) is 2.99. The molecule has 0 radical (unpaired) electrons. The molecule has 2 aromatic carbocycles. The molecule has 1 saturated heterocycles. The first-order valence-corrected chi connectivity index (χ1v) is 9.19. The van der Waals surface area contributed by atoms with Crippen LogP contribution in [0.25, 0.3) is 0 Å². The van der Waals surface area contributed by atoms with Gasteiger partial charge in [-0.05, 0) is 55.2 Å². The van der Waals surface area contributed by atoms with Gasteiger partial charge >= 0.3 is 0 Å². The zero-order chi connectivity index (χ0) is 16.4. The number of hydrogen-bond donors (Lipinski definition) is 0. The topological polar surface area (TPSA) is 46.6 Å². The highest BCUT2D eigenvalue weighted by Gasteiger charge is 2.36. The minimum atomic E-state index is -3.50. The van der Waals surface area contributed by atoms with Crippen LogP contribution in [-0.2, 0) is 10.0 Å². The minimum Gasteiger partial charge on any atom is -0.497 e. The summed E-state index contributed by atoms with van der Waals surface area (Å²) in [6.07, 6.45) is 1.74. The van der Waals surface area contributed by atoms with E-state index in [1.807, 2.05) is 31.2 Å². The molecular weight excluding hydrogens is 310 g/mol. The molecule has 1 atom stereocenters. The second kappa shape index (κ2) is 6.34. The lowest BCUT2D eigenvalue weighted by Crippen LogP contribution is -2.31. The van der Waals surface area contributed by atoms with Gasteiger partial charge in [-0.25, -0.2) is 8.42 Å². The average molecular weight is 331 g/mol. The number of nitrogens with zero attached hydrogens (tertiary/aromatic N) is 1. The van der Waals surface area contributed by atoms with E-state index in [9.17, 15) is 8.42 Å². The summed E-state index contributed by atoms with van der Waals surface area (Å²) in [4.78, 5) is 0.318. The van der Waals surface area contributed by atoms with E-state index in [0.717, 1.165) is 24.0 Å². The molecule has 2 aromatic rings. The van der Waals surface area contributed by atoms with Gasteiger partial charge in [-0.15, -0.1) is 0 Å². The van der Waals surface area contributed by atoms with E-state index in [1.54, 1.807) is 35.7 Å². The summed E-state index contributed by atoms with van der Waals surface area (Å²) in [5.74, 6) is 0.654. The van der Waals surface area contributed by atoms with Crippen LogP contribution in [-0.4, -0.2) is 26.4 Å². The normalized spacial score (nSPS) is 19.0. The van der Waals surface area contributed by atoms with Gasteiger partial charge in [0.2, 0.25) is 10.0 Å². The Morgan fingerprint density at radius 3 is 2.43 bits per heavy atom. The maximum absolute atomic E-state index is 13.0. The summed E-state index contributed by atoms with van der Waals surface area (Å²) in [7, 11) is -1.93. The predicted molar refractivity (Wildman–Crippen MR) is 90.0 cm³/mol. The smallest absolute Gasteiger partial charge is 0.243 e. The van der Waals surface area contributed by atoms with Crippen LogP contribution in [0.4, 0.5) is 0 Å². The van der Waals surface area contributed by atoms with Gasteiger partial charge in [0.15, 0.2) is 0 Å². The van der Waals surface area contributed by atoms with Crippen molar-refractivity contribution in [3.8, 4) is 5.75 Å². The van der Waals surface area contributed by atoms with E-state index in [-0.39, 0.29) is 6.04 Å². The van der Waals surface area contributed by atoms with Crippen molar-refractivity contribution < 1.29 is 13.2 Å². The Labute approximate surface area is 137 Å². The van der Waals surface area contributed by atoms with Crippen LogP contribution in [0.5, 0.6) is 5.75 Å². The molecule has 1 aliphatic heterocycles. The fourth-order valence-corrected chi connectivity index (χ4v) is 4.86. The molecule has 0 amide bonds. The van der Waals surface area contributed by atoms with Gasteiger partial charge in [-0.3, -0.25) is 0 Å². The van der Waals surface area contributed by atoms with Crippen LogP contribution >= 0.6 is 0 Å². The Balaban J connectivity index is 1.96. The third-order valence-corrected chi connectivity index (χ3v) is 6.34. The zero-order valence-electron chi connectivity index (χ0n) is 13.4. The summed E-state index contributed by atoms with van der Waals surface area (Å²) < 4.78 is 32.8. The van der Waals surface area contributed by atoms with Gasteiger partial charge in [-0.2, -0.15) is 4.31 Å². The Morgan fingerprint density at radius 2 is 1.78 bits per heavy atom. The fraction of sp³-hybridized carbons (Fsp3) is 0.333. The summed E-state index contributed by atoms with van der Waals surface area (Å²) in [5, 5.41) is 0. The van der Waals surface area contributed by atoms with E-state index in [4.69, 9.17) is 4.74 Å². The molecule has 0 aliphatic carbocycles. The maximum atomic E-state index is 13.0. The van der Waals surface area contributed by atoms with Crippen molar-refractivity contribution in [3.05, 3.63) is 59.7 Å². The van der Waals surface area contributed by atoms with E-state index in [0.29, 0.717) is 17.2 Å². The van der Waals surface area contributed by atoms with Crippen LogP contribution in [0.1, 0.15) is 30.0 Å². The summed E-state index contributed by atoms with van der Waals surface area (Å²) in [6.45, 7) is 2.60. The van der Waals surface area contributed by atoms with E-state index < -0.39 is 10.0 Å². The van der Waals surface area contributed by atoms with Crippen LogP contribution in [0.2, 0.25) is 0 Å². The van der Waals surface area contributed by atoms with Crippen LogP contribution in [0.3, 0.4) is 0 Å². The van der Waals surface area contributed by atoms with Crippen molar-refractivity contribution in [2.75, 3.05) is 13.7 Å². The van der Waals surface area contributed by atoms with Gasteiger partial charge in [0.25, 0.3) is 0 Å². The van der Waals surface area contributed by atoms with Gasteiger partial charge in [0.1, 0.15) is 5.75 Å². The van der Waals surface area contributed by atoms with Crippen molar-refractivity contribution >= 4 is 10.0 Å². The number of benzene rings is 2. The molecule has 23 heavy (non-hydrogen) atoms. The average Bonchev–Trinajstić information content (AvgIpc) is 3.05. The molecule has 0 N–H and O–H groups in total. The largest absolute Gasteiger partial charge is 0.497 e. The molecule has 1 heterocycles. The Kier molecular flexibility index (Phi) is 4.41. The lowest BCUT2D eigenvalue weighted by atomic mass is 10.0. The third-order valence-electron chi connectivity index (χ3n) is 4.42. The number of sulfonamides is 1. The van der Waals surface area contributed by atoms with Crippen molar-refractivity contribution in [1.82, 2.24) is 4.31 Å². The number of hydrogen-bond acceptors (Lipinski definition) is 3. The fourth-order valence-electron chi connectivity index (χ4n) is 3.18. The second-order valence-electron chi connectivity index (χ2n) is 5.81. The van der Waals surface area contributed by atoms with Crippen molar-refractivity contribution in [2.45, 2.75) is 30.7 Å². The van der Waals surface area contributed by atoms with Gasteiger partial charge in [0.05, 0.1) is 18.0 Å². The summed E-state index contributed by atoms with van der Waals surface area (Å²) in [5.41, 5.74) is 2.23. The monoisotopic (exact) mass is 331 g/mol. The standard InChI is InChI=1S/C18H21NO3S/c1-14-6-3-4-7-17(14)18-8-5-13-19(18)23(20,21)16-11-9-15(22-2)10-12-16/h3-4,6-7,9-12,18H,5,8,13H2,1-2H3/t18-/m0/s1. The zero-order valence-corrected chi connectivity index (χ0v) is 14.2. The van der Waals surface area contributed by atoms with Crippen LogP contribution < -0.4 is 4.74 Å². The van der Waals surface area contributed by atoms with E-state index in [1.165, 1.54) is 0 Å². The molecule has 5 heteroatoms. The Bertz CT molecular complexity index is 784. The quantitative estimate of drug-likeness (QED) is 0.861. The molecule has 0 aromatic heterocycles. The minimum absolute atomic E-state index is 0.0803. The van der Waals surface area contributed by atoms with Crippen molar-refractivity contribution in [2.24, 2.45) is 0 Å². The van der Waals surface area contributed by atoms with Crippen LogP contribution in [0, 0.1) is 6.92 Å². The van der Waals surface area contributed by atoms with Gasteiger partial charge in [0, 0.05) is 6.54 Å². The molecule has 4 nitrogen and oxygen atoms in total. The number of ether oxygens (including phenoxy) is 1. The molecule has 3 rings (SSSR count). The lowest BCUT2D eigenvalue weighted by molar-refractivity contribution is 0.395. The molecule has 0 saturated carbocycles. The van der Waals surface area contributed by atoms with Gasteiger partial charge in [-0.1, -0.05) is 24.3 Å². The Morgan fingerprint density at radius 1 is 1.09 bits per heavy atom.